The van der Waals surface area contributed by atoms with Gasteiger partial charge in [0, 0.05) is 30.8 Å². The molecule has 1 saturated heterocycles. The molecule has 0 unspecified atom stereocenters. The van der Waals surface area contributed by atoms with Crippen LogP contribution in [0.2, 0.25) is 0 Å². The minimum absolute atomic E-state index is 0.0606. The van der Waals surface area contributed by atoms with Crippen LogP contribution in [0.25, 0.3) is 11.1 Å². The molecule has 11 nitrogen and oxygen atoms in total. The number of benzene rings is 4. The first-order valence-corrected chi connectivity index (χ1v) is 26.4. The molecule has 0 spiro atoms. The Bertz CT molecular complexity index is 2370. The third-order valence-electron chi connectivity index (χ3n) is 14.2. The monoisotopic (exact) mass is 1080 g/mol. The van der Waals surface area contributed by atoms with Crippen LogP contribution in [0.3, 0.4) is 0 Å². The quantitative estimate of drug-likeness (QED) is 0.0539. The smallest absolute Gasteiger partial charge is 0.490 e. The second-order valence-corrected chi connectivity index (χ2v) is 23.3. The summed E-state index contributed by atoms with van der Waals surface area (Å²) < 4.78 is 52.3. The number of ether oxygens (including phenoxy) is 2. The van der Waals surface area contributed by atoms with Crippen molar-refractivity contribution in [3.8, 4) is 22.6 Å². The van der Waals surface area contributed by atoms with Gasteiger partial charge in [-0.3, -0.25) is 14.4 Å². The van der Waals surface area contributed by atoms with Crippen LogP contribution in [0.1, 0.15) is 149 Å². The van der Waals surface area contributed by atoms with E-state index in [-0.39, 0.29) is 55.4 Å². The Morgan fingerprint density at radius 3 is 1.70 bits per heavy atom. The third kappa shape index (κ3) is 19.8. The van der Waals surface area contributed by atoms with E-state index in [0.29, 0.717) is 51.9 Å². The van der Waals surface area contributed by atoms with Gasteiger partial charge < -0.3 is 40.0 Å². The standard InChI is InChI=1S/C26H34FNO3.C22H35BO3.C7H4BrFO.C3H7NO2/c1-26(2,3)20-8-10-21(11-9-20)31-22-6-4-5-19(16-22)23-15-18(7-12-24(23)27)17-28-14-13-25(29)30;1-20(2,3)16-11-13-18(14-12-16)24-19-10-8-9-17(15-19)23-25-21(4,5)22(6,7)26-23;8-6-3-5(4-10)1-2-7(6)9;4-2-1-3(5)6/h4-7,12,15-16,20-21,28H,8-11,13-14,17H2,1-3H3,(H,29,30);8-10,15-16,18H,11-14H2,1-7H3;1-4H;1-2,4H2,(H,5,6). The second-order valence-electron chi connectivity index (χ2n) is 22.5. The molecule has 15 heteroatoms. The van der Waals surface area contributed by atoms with Crippen molar-refractivity contribution in [3.05, 3.63) is 112 Å². The van der Waals surface area contributed by atoms with Crippen molar-refractivity contribution in [3.63, 3.8) is 0 Å². The zero-order valence-corrected chi connectivity index (χ0v) is 46.3. The van der Waals surface area contributed by atoms with Crippen molar-refractivity contribution in [2.45, 2.75) is 163 Å². The Morgan fingerprint density at radius 1 is 0.726 bits per heavy atom. The molecule has 5 N–H and O–H groups in total. The number of carbonyl (C=O) groups is 3. The van der Waals surface area contributed by atoms with Crippen molar-refractivity contribution in [1.29, 1.82) is 0 Å². The fraction of sp³-hybridized carbons (Fsp3) is 0.534. The summed E-state index contributed by atoms with van der Waals surface area (Å²) in [6, 6.07) is 25.0. The molecule has 1 heterocycles. The summed E-state index contributed by atoms with van der Waals surface area (Å²) in [6.45, 7) is 23.4. The summed E-state index contributed by atoms with van der Waals surface area (Å²) in [7, 11) is -0.333. The van der Waals surface area contributed by atoms with Crippen LogP contribution in [0, 0.1) is 34.3 Å². The number of halogens is 3. The van der Waals surface area contributed by atoms with Gasteiger partial charge in [-0.25, -0.2) is 8.78 Å². The predicted molar refractivity (Wildman–Crippen MR) is 290 cm³/mol. The Balaban J connectivity index is 0.000000245. The Morgan fingerprint density at radius 2 is 1.23 bits per heavy atom. The van der Waals surface area contributed by atoms with Crippen LogP contribution in [0.5, 0.6) is 11.5 Å². The number of rotatable bonds is 14. The number of hydrogen-bond acceptors (Lipinski definition) is 9. The fourth-order valence-electron chi connectivity index (χ4n) is 8.97. The van der Waals surface area contributed by atoms with Crippen LogP contribution in [-0.4, -0.2) is 72.1 Å². The number of carboxylic acids is 2. The van der Waals surface area contributed by atoms with E-state index in [0.717, 1.165) is 65.6 Å². The van der Waals surface area contributed by atoms with Crippen molar-refractivity contribution >= 4 is 46.7 Å². The average Bonchev–Trinajstić information content (AvgIpc) is 3.55. The zero-order valence-electron chi connectivity index (χ0n) is 44.7. The average molecular weight is 1080 g/mol. The highest BCUT2D eigenvalue weighted by molar-refractivity contribution is 9.10. The molecule has 4 aromatic carbocycles. The molecule has 0 atom stereocenters. The third-order valence-corrected chi connectivity index (χ3v) is 14.9. The van der Waals surface area contributed by atoms with Gasteiger partial charge >= 0.3 is 19.1 Å². The molecule has 2 aliphatic carbocycles. The number of hydrogen-bond donors (Lipinski definition) is 4. The number of aldehydes is 1. The minimum Gasteiger partial charge on any atom is -0.490 e. The minimum atomic E-state index is -0.837. The Kier molecular flexibility index (Phi) is 23.1. The van der Waals surface area contributed by atoms with Crippen LogP contribution >= 0.6 is 15.9 Å². The van der Waals surface area contributed by atoms with Gasteiger partial charge in [0.1, 0.15) is 29.4 Å². The van der Waals surface area contributed by atoms with Gasteiger partial charge in [0.25, 0.3) is 0 Å². The molecule has 0 bridgehead atoms. The molecule has 400 valence electrons. The van der Waals surface area contributed by atoms with Gasteiger partial charge in [0.2, 0.25) is 0 Å². The van der Waals surface area contributed by atoms with Crippen molar-refractivity contribution in [2.24, 2.45) is 28.4 Å². The van der Waals surface area contributed by atoms with Crippen molar-refractivity contribution in [2.75, 3.05) is 13.1 Å². The van der Waals surface area contributed by atoms with E-state index in [1.54, 1.807) is 6.07 Å². The van der Waals surface area contributed by atoms with Gasteiger partial charge in [0.15, 0.2) is 0 Å². The topological polar surface area (TPSA) is 167 Å². The number of aliphatic carboxylic acids is 2. The summed E-state index contributed by atoms with van der Waals surface area (Å²) in [5, 5.41) is 19.6. The maximum atomic E-state index is 14.6. The lowest BCUT2D eigenvalue weighted by atomic mass is 9.72. The molecule has 3 aliphatic rings. The van der Waals surface area contributed by atoms with Gasteiger partial charge in [-0.1, -0.05) is 71.9 Å². The van der Waals surface area contributed by atoms with Gasteiger partial charge in [-0.05, 0) is 189 Å². The van der Waals surface area contributed by atoms with E-state index < -0.39 is 11.9 Å². The maximum Gasteiger partial charge on any atom is 0.494 e. The fourth-order valence-corrected chi connectivity index (χ4v) is 9.37. The SMILES string of the molecule is CC(C)(C)C1CCC(Oc2cccc(-c3cc(CNCCC(=O)O)ccc3F)c2)CC1.CC(C)(C)C1CCC(Oc2cccc(B3OC(C)(C)C(C)(C)O3)c2)CC1.NCCC(=O)O.O=Cc1ccc(F)c(Br)c1. The van der Waals surface area contributed by atoms with Gasteiger partial charge in [0.05, 0.1) is 40.7 Å². The molecule has 73 heavy (non-hydrogen) atoms. The maximum absolute atomic E-state index is 14.6. The number of carboxylic acid groups (broad SMARTS) is 2. The van der Waals surface area contributed by atoms with Gasteiger partial charge in [-0.2, -0.15) is 0 Å². The molecule has 7 rings (SSSR count). The van der Waals surface area contributed by atoms with Gasteiger partial charge in [-0.15, -0.1) is 0 Å². The molecule has 2 saturated carbocycles. The summed E-state index contributed by atoms with van der Waals surface area (Å²) in [5.41, 5.74) is 8.68. The van der Waals surface area contributed by atoms with E-state index >= 15 is 0 Å². The summed E-state index contributed by atoms with van der Waals surface area (Å²) in [6.07, 6.45) is 10.6. The first-order chi connectivity index (χ1) is 34.2. The molecule has 0 amide bonds. The molecule has 0 aromatic heterocycles. The molecule has 3 fully saturated rings. The highest BCUT2D eigenvalue weighted by Gasteiger charge is 2.51. The molecule has 0 radical (unpaired) electrons. The first-order valence-electron chi connectivity index (χ1n) is 25.6. The lowest BCUT2D eigenvalue weighted by Gasteiger charge is -2.37. The predicted octanol–water partition coefficient (Wildman–Crippen LogP) is 12.8. The molecular formula is C58H80BBrF2N2O9. The molecular weight excluding hydrogens is 997 g/mol. The highest BCUT2D eigenvalue weighted by atomic mass is 79.9. The van der Waals surface area contributed by atoms with Crippen LogP contribution in [0.15, 0.2) is 89.4 Å². The molecule has 1 aliphatic heterocycles. The van der Waals surface area contributed by atoms with Crippen LogP contribution < -0.4 is 26.0 Å². The van der Waals surface area contributed by atoms with E-state index in [2.05, 4.69) is 103 Å². The van der Waals surface area contributed by atoms with Crippen molar-refractivity contribution in [1.82, 2.24) is 5.32 Å². The normalized spacial score (nSPS) is 20.2. The lowest BCUT2D eigenvalue weighted by Crippen LogP contribution is -2.41. The Labute approximate surface area is 442 Å². The Hall–Kier alpha value is -4.67. The zero-order chi connectivity index (χ0) is 54.1. The van der Waals surface area contributed by atoms with E-state index in [9.17, 15) is 23.2 Å². The second kappa shape index (κ2) is 27.7. The summed E-state index contributed by atoms with van der Waals surface area (Å²) in [5.74, 6) is 0.937. The van der Waals surface area contributed by atoms with E-state index in [4.69, 9.17) is 34.7 Å². The van der Waals surface area contributed by atoms with E-state index in [1.165, 1.54) is 49.9 Å². The summed E-state index contributed by atoms with van der Waals surface area (Å²) >= 11 is 2.95. The lowest BCUT2D eigenvalue weighted by molar-refractivity contribution is -0.137. The summed E-state index contributed by atoms with van der Waals surface area (Å²) in [4.78, 5) is 30.3. The van der Waals surface area contributed by atoms with E-state index in [1.807, 2.05) is 42.5 Å². The first kappa shape index (κ1) is 60.9. The van der Waals surface area contributed by atoms with Crippen LogP contribution in [-0.2, 0) is 25.4 Å². The number of nitrogens with two attached hydrogens (primary N) is 1. The highest BCUT2D eigenvalue weighted by Crippen LogP contribution is 2.41. The molecule has 4 aromatic rings. The number of carbonyl (C=O) groups excluding carboxylic acids is 1. The number of nitrogens with one attached hydrogen (secondary N) is 1. The van der Waals surface area contributed by atoms with Crippen LogP contribution in [0.4, 0.5) is 8.78 Å². The van der Waals surface area contributed by atoms with Crippen molar-refractivity contribution < 1.29 is 52.2 Å². The largest absolute Gasteiger partial charge is 0.494 e.